The Morgan fingerprint density at radius 2 is 2.08 bits per heavy atom. The highest BCUT2D eigenvalue weighted by atomic mass is 32.2. The van der Waals surface area contributed by atoms with Gasteiger partial charge in [0, 0.05) is 0 Å². The maximum atomic E-state index is 10.8. The molecule has 12 heavy (non-hydrogen) atoms. The predicted molar refractivity (Wildman–Crippen MR) is 42.1 cm³/mol. The molecule has 0 amide bonds. The van der Waals surface area contributed by atoms with Gasteiger partial charge in [0.05, 0.1) is 12.4 Å². The molecule has 0 aromatic rings. The number of rotatable bonds is 4. The highest BCUT2D eigenvalue weighted by molar-refractivity contribution is 8.06. The molecule has 0 heterocycles. The van der Waals surface area contributed by atoms with E-state index in [0.29, 0.717) is 0 Å². The molecule has 0 saturated carbocycles. The van der Waals surface area contributed by atoms with Crippen molar-refractivity contribution in [2.75, 3.05) is 12.4 Å². The first-order chi connectivity index (χ1) is 5.45. The van der Waals surface area contributed by atoms with Crippen molar-refractivity contribution in [3.63, 3.8) is 0 Å². The summed E-state index contributed by atoms with van der Waals surface area (Å²) in [5.74, 6) is -0.525. The van der Waals surface area contributed by atoms with Gasteiger partial charge in [-0.3, -0.25) is 4.79 Å². The minimum atomic E-state index is -3.99. The summed E-state index contributed by atoms with van der Waals surface area (Å²) in [6.45, 7) is 2.24. The zero-order valence-electron chi connectivity index (χ0n) is 6.30. The van der Waals surface area contributed by atoms with Gasteiger partial charge < -0.3 is 10.2 Å². The Morgan fingerprint density at radius 3 is 2.42 bits per heavy atom. The van der Waals surface area contributed by atoms with Crippen molar-refractivity contribution in [3.8, 4) is 0 Å². The molecule has 6 heteroatoms. The van der Waals surface area contributed by atoms with Crippen LogP contribution in [-0.2, 0) is 14.6 Å². The minimum absolute atomic E-state index is 0.525. The van der Waals surface area contributed by atoms with Crippen LogP contribution < -0.4 is 0 Å². The number of hydrogen-bond donors (Lipinski definition) is 2. The Balaban J connectivity index is 4.58. The van der Waals surface area contributed by atoms with Gasteiger partial charge in [0.2, 0.25) is 9.84 Å². The van der Waals surface area contributed by atoms with Gasteiger partial charge >= 0.3 is 0 Å². The maximum Gasteiger partial charge on any atom is 0.277 e. The van der Waals surface area contributed by atoms with Crippen LogP contribution in [0, 0.1) is 0 Å². The first-order valence-electron chi connectivity index (χ1n) is 3.12. The molecule has 70 valence electrons. The molecule has 0 aliphatic carbocycles. The third kappa shape index (κ3) is 2.72. The molecule has 0 saturated heterocycles. The fourth-order valence-corrected chi connectivity index (χ4v) is 1.48. The van der Waals surface area contributed by atoms with E-state index in [-0.39, 0.29) is 0 Å². The van der Waals surface area contributed by atoms with Crippen LogP contribution in [0.5, 0.6) is 0 Å². The van der Waals surface area contributed by atoms with Gasteiger partial charge in [0.1, 0.15) is 0 Å². The number of sulfone groups is 1. The molecule has 1 atom stereocenters. The zero-order valence-corrected chi connectivity index (χ0v) is 7.12. The van der Waals surface area contributed by atoms with E-state index in [2.05, 4.69) is 6.58 Å². The Hall–Kier alpha value is -0.720. The molecule has 0 aromatic heterocycles. The lowest BCUT2D eigenvalue weighted by molar-refractivity contribution is -0.120. The van der Waals surface area contributed by atoms with E-state index in [4.69, 9.17) is 10.2 Å². The molecule has 0 aromatic carbocycles. The van der Waals surface area contributed by atoms with Crippen LogP contribution in [-0.4, -0.2) is 42.2 Å². The minimum Gasteiger partial charge on any atom is -0.393 e. The van der Waals surface area contributed by atoms with Crippen LogP contribution in [0.2, 0.25) is 0 Å². The SMILES string of the molecule is C=CCS(=O)(=O)C(=O)C(O)CO. The van der Waals surface area contributed by atoms with E-state index in [1.807, 2.05) is 0 Å². The molecule has 0 bridgehead atoms. The van der Waals surface area contributed by atoms with E-state index in [9.17, 15) is 13.2 Å². The number of aliphatic hydroxyl groups excluding tert-OH is 2. The summed E-state index contributed by atoms with van der Waals surface area (Å²) in [5.41, 5.74) is 0. The van der Waals surface area contributed by atoms with E-state index in [1.54, 1.807) is 0 Å². The maximum absolute atomic E-state index is 10.8. The summed E-state index contributed by atoms with van der Waals surface area (Å²) in [6, 6.07) is 0. The van der Waals surface area contributed by atoms with E-state index >= 15 is 0 Å². The topological polar surface area (TPSA) is 91.7 Å². The average molecular weight is 194 g/mol. The van der Waals surface area contributed by atoms with E-state index in [1.165, 1.54) is 0 Å². The normalized spacial score (nSPS) is 13.8. The van der Waals surface area contributed by atoms with Crippen LogP contribution in [0.15, 0.2) is 12.7 Å². The summed E-state index contributed by atoms with van der Waals surface area (Å²) < 4.78 is 21.7. The summed E-state index contributed by atoms with van der Waals surface area (Å²) in [6.07, 6.45) is -0.813. The van der Waals surface area contributed by atoms with Crippen LogP contribution >= 0.6 is 0 Å². The molecule has 0 aliphatic rings. The average Bonchev–Trinajstić information content (AvgIpc) is 2.01. The largest absolute Gasteiger partial charge is 0.393 e. The Morgan fingerprint density at radius 1 is 1.58 bits per heavy atom. The van der Waals surface area contributed by atoms with Crippen molar-refractivity contribution in [1.29, 1.82) is 0 Å². The van der Waals surface area contributed by atoms with Crippen molar-refractivity contribution in [2.24, 2.45) is 0 Å². The molecule has 0 fully saturated rings. The highest BCUT2D eigenvalue weighted by Crippen LogP contribution is 1.97. The lowest BCUT2D eigenvalue weighted by atomic mass is 10.4. The van der Waals surface area contributed by atoms with Gasteiger partial charge in [-0.05, 0) is 0 Å². The van der Waals surface area contributed by atoms with Crippen molar-refractivity contribution in [1.82, 2.24) is 0 Å². The van der Waals surface area contributed by atoms with Gasteiger partial charge in [0.15, 0.2) is 6.10 Å². The van der Waals surface area contributed by atoms with Crippen molar-refractivity contribution in [2.45, 2.75) is 6.10 Å². The third-order valence-electron chi connectivity index (χ3n) is 1.09. The van der Waals surface area contributed by atoms with Crippen LogP contribution in [0.4, 0.5) is 0 Å². The highest BCUT2D eigenvalue weighted by Gasteiger charge is 2.27. The summed E-state index contributed by atoms with van der Waals surface area (Å²) in [5, 5.41) is 15.6. The Labute approximate surface area is 70.2 Å². The van der Waals surface area contributed by atoms with Crippen LogP contribution in [0.1, 0.15) is 0 Å². The molecular weight excluding hydrogens is 184 g/mol. The molecule has 1 unspecified atom stereocenters. The Kier molecular flexibility index (Phi) is 4.08. The van der Waals surface area contributed by atoms with Gasteiger partial charge in [-0.2, -0.15) is 0 Å². The lowest BCUT2D eigenvalue weighted by Gasteiger charge is -2.04. The van der Waals surface area contributed by atoms with E-state index < -0.39 is 33.4 Å². The number of carbonyl (C=O) groups excluding carboxylic acids is 1. The third-order valence-corrected chi connectivity index (χ3v) is 2.65. The smallest absolute Gasteiger partial charge is 0.277 e. The van der Waals surface area contributed by atoms with E-state index in [0.717, 1.165) is 6.08 Å². The first-order valence-corrected chi connectivity index (χ1v) is 4.77. The summed E-state index contributed by atoms with van der Waals surface area (Å²) in [7, 11) is -3.99. The predicted octanol–water partition coefficient (Wildman–Crippen LogP) is -1.53. The molecule has 2 N–H and O–H groups in total. The Bertz CT molecular complexity index is 266. The molecule has 5 nitrogen and oxygen atoms in total. The number of carbonyl (C=O) groups is 1. The van der Waals surface area contributed by atoms with Gasteiger partial charge in [-0.15, -0.1) is 6.58 Å². The molecule has 0 spiro atoms. The second-order valence-electron chi connectivity index (χ2n) is 2.09. The standard InChI is InChI=1S/C6H10O5S/c1-2-3-12(10,11)6(9)5(8)4-7/h2,5,7-8H,1,3-4H2. The van der Waals surface area contributed by atoms with Gasteiger partial charge in [-0.25, -0.2) is 8.42 Å². The van der Waals surface area contributed by atoms with Crippen LogP contribution in [0.25, 0.3) is 0 Å². The first kappa shape index (κ1) is 11.3. The lowest BCUT2D eigenvalue weighted by Crippen LogP contribution is -2.32. The second-order valence-corrected chi connectivity index (χ2v) is 4.05. The zero-order chi connectivity index (χ0) is 9.78. The second kappa shape index (κ2) is 4.34. The monoisotopic (exact) mass is 194 g/mol. The number of aliphatic hydroxyl groups is 2. The van der Waals surface area contributed by atoms with Crippen molar-refractivity contribution < 1.29 is 23.4 Å². The quantitative estimate of drug-likeness (QED) is 0.529. The molecule has 0 radical (unpaired) electrons. The van der Waals surface area contributed by atoms with Gasteiger partial charge in [-0.1, -0.05) is 6.08 Å². The molecule has 0 rings (SSSR count). The van der Waals surface area contributed by atoms with Crippen molar-refractivity contribution in [3.05, 3.63) is 12.7 Å². The fourth-order valence-electron chi connectivity index (χ4n) is 0.519. The van der Waals surface area contributed by atoms with Crippen LogP contribution in [0.3, 0.4) is 0 Å². The van der Waals surface area contributed by atoms with Crippen molar-refractivity contribution >= 4 is 15.0 Å². The molecular formula is C6H10O5S. The summed E-state index contributed by atoms with van der Waals surface area (Å²) >= 11 is 0. The fraction of sp³-hybridized carbons (Fsp3) is 0.500. The van der Waals surface area contributed by atoms with Gasteiger partial charge in [0.25, 0.3) is 5.12 Å². The molecule has 0 aliphatic heterocycles. The number of hydrogen-bond acceptors (Lipinski definition) is 5. The summed E-state index contributed by atoms with van der Waals surface area (Å²) in [4.78, 5) is 10.7.